The van der Waals surface area contributed by atoms with Gasteiger partial charge in [0.2, 0.25) is 0 Å². The normalized spacial score (nSPS) is 23.1. The molecule has 0 radical (unpaired) electrons. The zero-order chi connectivity index (χ0) is 20.8. The van der Waals surface area contributed by atoms with Gasteiger partial charge in [0, 0.05) is 10.4 Å². The predicted octanol–water partition coefficient (Wildman–Crippen LogP) is 3.63. The maximum absolute atomic E-state index is 13.1. The maximum atomic E-state index is 13.1. The van der Waals surface area contributed by atoms with Crippen LogP contribution in [0.2, 0.25) is 0 Å². The van der Waals surface area contributed by atoms with Crippen molar-refractivity contribution in [3.63, 3.8) is 0 Å². The molecule has 0 spiro atoms. The highest BCUT2D eigenvalue weighted by Crippen LogP contribution is 2.51. The van der Waals surface area contributed by atoms with Crippen molar-refractivity contribution in [2.75, 3.05) is 19.1 Å². The van der Waals surface area contributed by atoms with Crippen LogP contribution in [0.1, 0.15) is 38.7 Å². The number of halogens is 1. The number of benzene rings is 1. The minimum atomic E-state index is -0.857. The molecule has 2 aliphatic heterocycles. The second kappa shape index (κ2) is 7.27. The molecule has 3 atom stereocenters. The standard InChI is InChI=1S/C19H23BrN2O6/c1-19(2,3)28-18(25)21-13-7-6-10(20)8-11(13)12-9-14(16(23)26-4)22(15(12)21)17(24)27-5/h6-8,12,14-15H,9H2,1-5H3/t12-,14-,15-/m0/s1. The van der Waals surface area contributed by atoms with Crippen molar-refractivity contribution in [2.45, 2.75) is 50.9 Å². The zero-order valence-corrected chi connectivity index (χ0v) is 18.0. The van der Waals surface area contributed by atoms with Crippen molar-refractivity contribution in [3.8, 4) is 0 Å². The van der Waals surface area contributed by atoms with Crippen molar-refractivity contribution in [2.24, 2.45) is 0 Å². The largest absolute Gasteiger partial charge is 0.467 e. The second-order valence-electron chi connectivity index (χ2n) is 7.73. The highest BCUT2D eigenvalue weighted by atomic mass is 79.9. The number of rotatable bonds is 1. The summed E-state index contributed by atoms with van der Waals surface area (Å²) in [6.45, 7) is 5.31. The number of likely N-dealkylation sites (tertiary alicyclic amines) is 1. The van der Waals surface area contributed by atoms with E-state index in [4.69, 9.17) is 14.2 Å². The Labute approximate surface area is 171 Å². The Morgan fingerprint density at radius 2 is 1.79 bits per heavy atom. The van der Waals surface area contributed by atoms with E-state index in [0.29, 0.717) is 12.1 Å². The summed E-state index contributed by atoms with van der Waals surface area (Å²) in [5.41, 5.74) is 0.774. The number of carbonyl (C=O) groups excluding carboxylic acids is 3. The number of amides is 2. The van der Waals surface area contributed by atoms with Crippen LogP contribution >= 0.6 is 15.9 Å². The molecule has 1 fully saturated rings. The fourth-order valence-electron chi connectivity index (χ4n) is 3.83. The number of hydrogen-bond donors (Lipinski definition) is 0. The number of nitrogens with zero attached hydrogens (tertiary/aromatic N) is 2. The minimum absolute atomic E-state index is 0.275. The lowest BCUT2D eigenvalue weighted by molar-refractivity contribution is -0.145. The number of esters is 1. The maximum Gasteiger partial charge on any atom is 0.416 e. The van der Waals surface area contributed by atoms with Gasteiger partial charge in [-0.05, 0) is 51.0 Å². The number of fused-ring (bicyclic) bond motifs is 3. The van der Waals surface area contributed by atoms with Gasteiger partial charge in [-0.2, -0.15) is 0 Å². The molecule has 2 amide bonds. The highest BCUT2D eigenvalue weighted by molar-refractivity contribution is 9.10. The minimum Gasteiger partial charge on any atom is -0.467 e. The van der Waals surface area contributed by atoms with Crippen molar-refractivity contribution in [1.29, 1.82) is 0 Å². The monoisotopic (exact) mass is 454 g/mol. The predicted molar refractivity (Wildman–Crippen MR) is 104 cm³/mol. The Bertz CT molecular complexity index is 821. The molecular formula is C19H23BrN2O6. The molecule has 28 heavy (non-hydrogen) atoms. The smallest absolute Gasteiger partial charge is 0.416 e. The first-order valence-corrected chi connectivity index (χ1v) is 9.64. The molecule has 1 aromatic carbocycles. The third kappa shape index (κ3) is 3.43. The van der Waals surface area contributed by atoms with Gasteiger partial charge >= 0.3 is 18.2 Å². The Balaban J connectivity index is 2.11. The molecule has 2 heterocycles. The van der Waals surface area contributed by atoms with Crippen molar-refractivity contribution in [1.82, 2.24) is 4.90 Å². The van der Waals surface area contributed by atoms with Crippen molar-refractivity contribution >= 4 is 39.8 Å². The number of anilines is 1. The third-order valence-corrected chi connectivity index (χ3v) is 5.31. The Hall–Kier alpha value is -2.29. The molecule has 0 bridgehead atoms. The quantitative estimate of drug-likeness (QED) is 0.475. The fraction of sp³-hybridized carbons (Fsp3) is 0.526. The third-order valence-electron chi connectivity index (χ3n) is 4.82. The van der Waals surface area contributed by atoms with E-state index in [-0.39, 0.29) is 5.92 Å². The van der Waals surface area contributed by atoms with Crippen molar-refractivity contribution in [3.05, 3.63) is 28.2 Å². The first-order chi connectivity index (χ1) is 13.1. The van der Waals surface area contributed by atoms with E-state index in [1.165, 1.54) is 24.0 Å². The van der Waals surface area contributed by atoms with Gasteiger partial charge < -0.3 is 14.2 Å². The van der Waals surface area contributed by atoms with Crippen molar-refractivity contribution < 1.29 is 28.6 Å². The SMILES string of the molecule is COC(=O)[C@@H]1C[C@H]2c3cc(Br)ccc3N(C(=O)OC(C)(C)C)[C@H]2N1C(=O)OC. The molecule has 1 aromatic rings. The van der Waals surface area contributed by atoms with E-state index in [0.717, 1.165) is 10.0 Å². The van der Waals surface area contributed by atoms with Gasteiger partial charge in [0.15, 0.2) is 0 Å². The van der Waals surface area contributed by atoms with Gasteiger partial charge in [0.1, 0.15) is 17.8 Å². The van der Waals surface area contributed by atoms with E-state index in [2.05, 4.69) is 15.9 Å². The van der Waals surface area contributed by atoms with E-state index in [9.17, 15) is 14.4 Å². The molecule has 3 rings (SSSR count). The lowest BCUT2D eigenvalue weighted by atomic mass is 9.96. The molecule has 0 unspecified atom stereocenters. The Kier molecular flexibility index (Phi) is 5.31. The molecule has 2 aliphatic rings. The highest BCUT2D eigenvalue weighted by Gasteiger charge is 2.57. The van der Waals surface area contributed by atoms with Gasteiger partial charge in [-0.1, -0.05) is 15.9 Å². The summed E-state index contributed by atoms with van der Waals surface area (Å²) < 4.78 is 16.2. The average Bonchev–Trinajstić information content (AvgIpc) is 3.13. The van der Waals surface area contributed by atoms with Crippen LogP contribution in [0.15, 0.2) is 22.7 Å². The summed E-state index contributed by atoms with van der Waals surface area (Å²) in [7, 11) is 2.50. The summed E-state index contributed by atoms with van der Waals surface area (Å²) in [4.78, 5) is 40.7. The summed E-state index contributed by atoms with van der Waals surface area (Å²) in [5, 5.41) is 0. The van der Waals surface area contributed by atoms with Gasteiger partial charge in [-0.25, -0.2) is 14.4 Å². The Morgan fingerprint density at radius 1 is 1.11 bits per heavy atom. The summed E-state index contributed by atoms with van der Waals surface area (Å²) in [6, 6.07) is 4.65. The average molecular weight is 455 g/mol. The summed E-state index contributed by atoms with van der Waals surface area (Å²) >= 11 is 3.45. The van der Waals surface area contributed by atoms with E-state index >= 15 is 0 Å². The molecule has 0 saturated carbocycles. The topological polar surface area (TPSA) is 85.4 Å². The first-order valence-electron chi connectivity index (χ1n) is 8.84. The molecule has 1 saturated heterocycles. The molecule has 152 valence electrons. The van der Waals surface area contributed by atoms with E-state index < -0.39 is 36.0 Å². The zero-order valence-electron chi connectivity index (χ0n) is 16.4. The lowest BCUT2D eigenvalue weighted by Gasteiger charge is -2.34. The fourth-order valence-corrected chi connectivity index (χ4v) is 4.21. The van der Waals surface area contributed by atoms with E-state index in [1.807, 2.05) is 12.1 Å². The van der Waals surface area contributed by atoms with Crippen LogP contribution < -0.4 is 4.90 Å². The number of carbonyl (C=O) groups is 3. The Morgan fingerprint density at radius 3 is 2.36 bits per heavy atom. The van der Waals surface area contributed by atoms with Crippen LogP contribution in [-0.2, 0) is 19.0 Å². The molecule has 8 nitrogen and oxygen atoms in total. The number of hydrogen-bond acceptors (Lipinski definition) is 6. The lowest BCUT2D eigenvalue weighted by Crippen LogP contribution is -2.54. The second-order valence-corrected chi connectivity index (χ2v) is 8.64. The number of methoxy groups -OCH3 is 2. The summed E-state index contributed by atoms with van der Waals surface area (Å²) in [5.74, 6) is -0.830. The van der Waals surface area contributed by atoms with Crippen LogP contribution in [0.5, 0.6) is 0 Å². The van der Waals surface area contributed by atoms with Gasteiger partial charge in [0.25, 0.3) is 0 Å². The van der Waals surface area contributed by atoms with Crippen LogP contribution in [-0.4, -0.2) is 55.1 Å². The summed E-state index contributed by atoms with van der Waals surface area (Å²) in [6.07, 6.45) is -1.73. The molecule has 0 aliphatic carbocycles. The van der Waals surface area contributed by atoms with Crippen LogP contribution in [0.4, 0.5) is 15.3 Å². The molecule has 0 aromatic heterocycles. The van der Waals surface area contributed by atoms with Gasteiger partial charge in [-0.3, -0.25) is 9.80 Å². The first kappa shape index (κ1) is 20.4. The van der Waals surface area contributed by atoms with E-state index in [1.54, 1.807) is 26.8 Å². The van der Waals surface area contributed by atoms with Crippen LogP contribution in [0.3, 0.4) is 0 Å². The van der Waals surface area contributed by atoms with Gasteiger partial charge in [-0.15, -0.1) is 0 Å². The van der Waals surface area contributed by atoms with Crippen LogP contribution in [0.25, 0.3) is 0 Å². The number of ether oxygens (including phenoxy) is 3. The van der Waals surface area contributed by atoms with Crippen LogP contribution in [0, 0.1) is 0 Å². The molecule has 9 heteroatoms. The molecule has 0 N–H and O–H groups in total. The van der Waals surface area contributed by atoms with Gasteiger partial charge in [0.05, 0.1) is 19.9 Å². The molecular weight excluding hydrogens is 432 g/mol.